The zero-order valence-corrected chi connectivity index (χ0v) is 9.85. The molecule has 0 spiro atoms. The molecule has 1 N–H and O–H groups in total. The molecule has 0 saturated carbocycles. The van der Waals surface area contributed by atoms with Crippen molar-refractivity contribution in [2.75, 3.05) is 11.9 Å². The van der Waals surface area contributed by atoms with E-state index in [0.29, 0.717) is 11.6 Å². The second-order valence-electron chi connectivity index (χ2n) is 3.14. The van der Waals surface area contributed by atoms with E-state index in [9.17, 15) is 4.39 Å². The number of pyridine rings is 1. The van der Waals surface area contributed by atoms with Crippen LogP contribution in [-0.2, 0) is 6.42 Å². The molecule has 0 atom stereocenters. The van der Waals surface area contributed by atoms with Crippen molar-refractivity contribution in [3.05, 3.63) is 39.7 Å². The predicted octanol–water partition coefficient (Wildman–Crippen LogP) is 2.99. The Labute approximate surface area is 101 Å². The highest BCUT2D eigenvalue weighted by Crippen LogP contribution is 2.15. The quantitative estimate of drug-likeness (QED) is 0.915. The number of nitrogens with one attached hydrogen (secondary N) is 1. The fourth-order valence-electron chi connectivity index (χ4n) is 1.21. The Hall–Kier alpha value is -1.20. The monoisotopic (exact) mass is 257 g/mol. The van der Waals surface area contributed by atoms with Crippen LogP contribution in [0.3, 0.4) is 0 Å². The van der Waals surface area contributed by atoms with Gasteiger partial charge in [-0.05, 0) is 6.07 Å². The Morgan fingerprint density at radius 2 is 2.31 bits per heavy atom. The standard InChI is InChI=1S/C10H9ClFN3S/c11-7-3-9(12)10(14-4-7)13-2-1-8-5-16-6-15-8/h3-6H,1-2H2,(H,13,14). The van der Waals surface area contributed by atoms with Gasteiger partial charge in [0.15, 0.2) is 11.6 Å². The molecule has 6 heteroatoms. The number of aromatic nitrogens is 2. The second-order valence-corrected chi connectivity index (χ2v) is 4.30. The highest BCUT2D eigenvalue weighted by Gasteiger charge is 2.03. The van der Waals surface area contributed by atoms with Crippen molar-refractivity contribution in [2.24, 2.45) is 0 Å². The molecule has 2 aromatic rings. The van der Waals surface area contributed by atoms with E-state index in [1.54, 1.807) is 16.8 Å². The molecule has 0 aliphatic heterocycles. The summed E-state index contributed by atoms with van der Waals surface area (Å²) in [6.07, 6.45) is 2.16. The summed E-state index contributed by atoms with van der Waals surface area (Å²) in [7, 11) is 0. The van der Waals surface area contributed by atoms with Gasteiger partial charge in [-0.2, -0.15) is 0 Å². The summed E-state index contributed by atoms with van der Waals surface area (Å²) in [5.74, 6) is -0.217. The first-order chi connectivity index (χ1) is 7.75. The highest BCUT2D eigenvalue weighted by atomic mass is 35.5. The van der Waals surface area contributed by atoms with E-state index >= 15 is 0 Å². The molecule has 0 fully saturated rings. The SMILES string of the molecule is Fc1cc(Cl)cnc1NCCc1cscn1. The summed E-state index contributed by atoms with van der Waals surface area (Å²) >= 11 is 7.14. The van der Waals surface area contributed by atoms with Crippen molar-refractivity contribution in [2.45, 2.75) is 6.42 Å². The molecule has 0 aliphatic rings. The third-order valence-electron chi connectivity index (χ3n) is 1.96. The molecule has 2 aromatic heterocycles. The lowest BCUT2D eigenvalue weighted by Crippen LogP contribution is -2.08. The minimum Gasteiger partial charge on any atom is -0.367 e. The van der Waals surface area contributed by atoms with E-state index in [1.807, 2.05) is 5.38 Å². The number of rotatable bonds is 4. The van der Waals surface area contributed by atoms with Gasteiger partial charge in [-0.25, -0.2) is 14.4 Å². The molecule has 16 heavy (non-hydrogen) atoms. The molecule has 2 heterocycles. The summed E-state index contributed by atoms with van der Waals surface area (Å²) in [6, 6.07) is 1.24. The van der Waals surface area contributed by atoms with E-state index in [0.717, 1.165) is 12.1 Å². The van der Waals surface area contributed by atoms with E-state index in [2.05, 4.69) is 15.3 Å². The molecule has 0 amide bonds. The van der Waals surface area contributed by atoms with Crippen LogP contribution in [0.4, 0.5) is 10.2 Å². The minimum atomic E-state index is -0.439. The van der Waals surface area contributed by atoms with Crippen molar-refractivity contribution in [3.63, 3.8) is 0 Å². The maximum Gasteiger partial charge on any atom is 0.166 e. The van der Waals surface area contributed by atoms with E-state index in [-0.39, 0.29) is 5.82 Å². The normalized spacial score (nSPS) is 10.4. The van der Waals surface area contributed by atoms with Gasteiger partial charge in [-0.15, -0.1) is 11.3 Å². The fraction of sp³-hybridized carbons (Fsp3) is 0.200. The van der Waals surface area contributed by atoms with Gasteiger partial charge in [0.05, 0.1) is 16.2 Å². The Morgan fingerprint density at radius 1 is 1.44 bits per heavy atom. The average Bonchev–Trinajstić information content (AvgIpc) is 2.74. The van der Waals surface area contributed by atoms with Crippen LogP contribution in [-0.4, -0.2) is 16.5 Å². The molecule has 2 rings (SSSR count). The van der Waals surface area contributed by atoms with Crippen molar-refractivity contribution in [3.8, 4) is 0 Å². The van der Waals surface area contributed by atoms with Crippen LogP contribution < -0.4 is 5.32 Å². The first-order valence-electron chi connectivity index (χ1n) is 4.67. The topological polar surface area (TPSA) is 37.8 Å². The first-order valence-corrected chi connectivity index (χ1v) is 6.00. The molecule has 0 bridgehead atoms. The third kappa shape index (κ3) is 2.90. The van der Waals surface area contributed by atoms with Crippen molar-refractivity contribution in [1.29, 1.82) is 0 Å². The molecule has 84 valence electrons. The average molecular weight is 258 g/mol. The van der Waals surface area contributed by atoms with E-state index in [4.69, 9.17) is 11.6 Å². The predicted molar refractivity (Wildman–Crippen MR) is 63.5 cm³/mol. The van der Waals surface area contributed by atoms with Crippen LogP contribution in [0.1, 0.15) is 5.69 Å². The number of hydrogen-bond acceptors (Lipinski definition) is 4. The zero-order valence-electron chi connectivity index (χ0n) is 8.28. The summed E-state index contributed by atoms with van der Waals surface area (Å²) in [5, 5.41) is 5.16. The Balaban J connectivity index is 1.90. The van der Waals surface area contributed by atoms with Crippen LogP contribution >= 0.6 is 22.9 Å². The van der Waals surface area contributed by atoms with Gasteiger partial charge in [0.25, 0.3) is 0 Å². The number of nitrogens with zero attached hydrogens (tertiary/aromatic N) is 2. The van der Waals surface area contributed by atoms with Crippen LogP contribution in [0, 0.1) is 5.82 Å². The molecule has 0 radical (unpaired) electrons. The van der Waals surface area contributed by atoms with Gasteiger partial charge in [0.2, 0.25) is 0 Å². The highest BCUT2D eigenvalue weighted by molar-refractivity contribution is 7.07. The van der Waals surface area contributed by atoms with E-state index < -0.39 is 5.82 Å². The number of hydrogen-bond donors (Lipinski definition) is 1. The van der Waals surface area contributed by atoms with Crippen molar-refractivity contribution >= 4 is 28.8 Å². The molecule has 0 aromatic carbocycles. The zero-order chi connectivity index (χ0) is 11.4. The number of anilines is 1. The molecule has 0 saturated heterocycles. The van der Waals surface area contributed by atoms with Crippen LogP contribution in [0.2, 0.25) is 5.02 Å². The largest absolute Gasteiger partial charge is 0.367 e. The molecular weight excluding hydrogens is 249 g/mol. The number of thiazole rings is 1. The van der Waals surface area contributed by atoms with Crippen LogP contribution in [0.25, 0.3) is 0 Å². The Morgan fingerprint density at radius 3 is 3.00 bits per heavy atom. The van der Waals surface area contributed by atoms with Gasteiger partial charge in [-0.1, -0.05) is 11.6 Å². The molecular formula is C10H9ClFN3S. The summed E-state index contributed by atoms with van der Waals surface area (Å²) in [4.78, 5) is 7.99. The van der Waals surface area contributed by atoms with Gasteiger partial charge >= 0.3 is 0 Å². The van der Waals surface area contributed by atoms with Gasteiger partial charge in [0, 0.05) is 24.5 Å². The second kappa shape index (κ2) is 5.23. The maximum atomic E-state index is 13.3. The summed E-state index contributed by atoms with van der Waals surface area (Å²) in [5.41, 5.74) is 2.77. The lowest BCUT2D eigenvalue weighted by Gasteiger charge is -2.05. The van der Waals surface area contributed by atoms with Gasteiger partial charge in [-0.3, -0.25) is 0 Å². The van der Waals surface area contributed by atoms with Crippen molar-refractivity contribution in [1.82, 2.24) is 9.97 Å². The summed E-state index contributed by atoms with van der Waals surface area (Å²) in [6.45, 7) is 0.593. The fourth-order valence-corrected chi connectivity index (χ4v) is 1.95. The Kier molecular flexibility index (Phi) is 3.69. The van der Waals surface area contributed by atoms with E-state index in [1.165, 1.54) is 12.3 Å². The van der Waals surface area contributed by atoms with Crippen molar-refractivity contribution < 1.29 is 4.39 Å². The smallest absolute Gasteiger partial charge is 0.166 e. The van der Waals surface area contributed by atoms with Crippen LogP contribution in [0.5, 0.6) is 0 Å². The maximum absolute atomic E-state index is 13.3. The van der Waals surface area contributed by atoms with Crippen LogP contribution in [0.15, 0.2) is 23.2 Å². The van der Waals surface area contributed by atoms with Gasteiger partial charge in [0.1, 0.15) is 0 Å². The third-order valence-corrected chi connectivity index (χ3v) is 2.81. The molecule has 0 unspecified atom stereocenters. The molecule has 3 nitrogen and oxygen atoms in total. The van der Waals surface area contributed by atoms with Gasteiger partial charge < -0.3 is 5.32 Å². The lowest BCUT2D eigenvalue weighted by atomic mass is 10.3. The lowest BCUT2D eigenvalue weighted by molar-refractivity contribution is 0.624. The first kappa shape index (κ1) is 11.3. The molecule has 0 aliphatic carbocycles. The Bertz CT molecular complexity index is 461. The number of halogens is 2. The summed E-state index contributed by atoms with van der Waals surface area (Å²) < 4.78 is 13.3. The minimum absolute atomic E-state index is 0.222.